The summed E-state index contributed by atoms with van der Waals surface area (Å²) in [6, 6.07) is 7.01. The Morgan fingerprint density at radius 1 is 1.32 bits per heavy atom. The van der Waals surface area contributed by atoms with Gasteiger partial charge in [-0.25, -0.2) is 4.39 Å². The van der Waals surface area contributed by atoms with Crippen LogP contribution in [0.5, 0.6) is 0 Å². The van der Waals surface area contributed by atoms with Gasteiger partial charge < -0.3 is 5.32 Å². The summed E-state index contributed by atoms with van der Waals surface area (Å²) in [7, 11) is 0. The average Bonchev–Trinajstić information content (AvgIpc) is 2.70. The normalized spacial score (nSPS) is 12.7. The third kappa shape index (κ3) is 3.45. The van der Waals surface area contributed by atoms with Crippen LogP contribution in [0.1, 0.15) is 28.3 Å². The van der Waals surface area contributed by atoms with Crippen LogP contribution >= 0.6 is 43.2 Å². The molecule has 102 valence electrons. The topological polar surface area (TPSA) is 12.0 Å². The van der Waals surface area contributed by atoms with Crippen LogP contribution in [0, 0.1) is 12.7 Å². The van der Waals surface area contributed by atoms with Crippen molar-refractivity contribution in [3.8, 4) is 0 Å². The van der Waals surface area contributed by atoms with Gasteiger partial charge in [0.1, 0.15) is 5.82 Å². The highest BCUT2D eigenvalue weighted by atomic mass is 79.9. The Morgan fingerprint density at radius 3 is 2.63 bits per heavy atom. The molecule has 0 saturated carbocycles. The molecule has 0 saturated heterocycles. The molecule has 0 bridgehead atoms. The van der Waals surface area contributed by atoms with E-state index in [2.05, 4.69) is 50.2 Å². The van der Waals surface area contributed by atoms with Gasteiger partial charge in [-0.3, -0.25) is 0 Å². The Labute approximate surface area is 133 Å². The summed E-state index contributed by atoms with van der Waals surface area (Å²) in [5.74, 6) is -0.184. The Morgan fingerprint density at radius 2 is 2.05 bits per heavy atom. The first-order chi connectivity index (χ1) is 9.02. The fourth-order valence-corrected chi connectivity index (χ4v) is 3.96. The van der Waals surface area contributed by atoms with Crippen LogP contribution in [0.4, 0.5) is 4.39 Å². The second-order valence-electron chi connectivity index (χ2n) is 4.21. The van der Waals surface area contributed by atoms with E-state index in [-0.39, 0.29) is 11.9 Å². The summed E-state index contributed by atoms with van der Waals surface area (Å²) < 4.78 is 16.0. The summed E-state index contributed by atoms with van der Waals surface area (Å²) in [6.45, 7) is 4.86. The number of rotatable bonds is 4. The Kier molecular flexibility index (Phi) is 5.17. The molecule has 0 aliphatic heterocycles. The van der Waals surface area contributed by atoms with Crippen LogP contribution in [0.3, 0.4) is 0 Å². The van der Waals surface area contributed by atoms with Gasteiger partial charge in [-0.1, -0.05) is 22.9 Å². The molecule has 19 heavy (non-hydrogen) atoms. The first-order valence-electron chi connectivity index (χ1n) is 5.97. The number of benzene rings is 1. The van der Waals surface area contributed by atoms with E-state index in [1.54, 1.807) is 17.4 Å². The maximum atomic E-state index is 14.1. The monoisotopic (exact) mass is 405 g/mol. The van der Waals surface area contributed by atoms with Crippen LogP contribution in [0.15, 0.2) is 33.2 Å². The van der Waals surface area contributed by atoms with Gasteiger partial charge in [0.15, 0.2) is 0 Å². The number of nitrogens with one attached hydrogen (secondary N) is 1. The van der Waals surface area contributed by atoms with E-state index >= 15 is 0 Å². The van der Waals surface area contributed by atoms with E-state index < -0.39 is 0 Å². The molecule has 0 aliphatic rings. The fourth-order valence-electron chi connectivity index (χ4n) is 1.93. The van der Waals surface area contributed by atoms with Crippen molar-refractivity contribution in [1.82, 2.24) is 5.32 Å². The van der Waals surface area contributed by atoms with Gasteiger partial charge in [0.2, 0.25) is 0 Å². The van der Waals surface area contributed by atoms with Crippen LogP contribution in [0.2, 0.25) is 0 Å². The first-order valence-corrected chi connectivity index (χ1v) is 8.37. The predicted octanol–water partition coefficient (Wildman–Crippen LogP) is 5.42. The molecule has 1 atom stereocenters. The number of halogens is 3. The molecule has 1 aromatic heterocycles. The maximum absolute atomic E-state index is 14.1. The van der Waals surface area contributed by atoms with Crippen LogP contribution in [-0.4, -0.2) is 6.54 Å². The second kappa shape index (κ2) is 6.48. The quantitative estimate of drug-likeness (QED) is 0.714. The molecule has 1 heterocycles. The van der Waals surface area contributed by atoms with Gasteiger partial charge in [-0.2, -0.15) is 0 Å². The SMILES string of the molecule is CCNC(c1cc(Br)c(C)s1)c1cc(Br)ccc1F. The lowest BCUT2D eigenvalue weighted by atomic mass is 10.0. The minimum absolute atomic E-state index is 0.113. The van der Waals surface area contributed by atoms with Crippen molar-refractivity contribution in [2.45, 2.75) is 19.9 Å². The van der Waals surface area contributed by atoms with Crippen molar-refractivity contribution in [3.63, 3.8) is 0 Å². The molecule has 0 radical (unpaired) electrons. The zero-order valence-corrected chi connectivity index (χ0v) is 14.6. The number of aryl methyl sites for hydroxylation is 1. The lowest BCUT2D eigenvalue weighted by Crippen LogP contribution is -2.22. The van der Waals surface area contributed by atoms with Crippen molar-refractivity contribution in [2.24, 2.45) is 0 Å². The fraction of sp³-hybridized carbons (Fsp3) is 0.286. The first kappa shape index (κ1) is 15.2. The zero-order valence-electron chi connectivity index (χ0n) is 10.6. The molecule has 2 aromatic rings. The number of hydrogen-bond acceptors (Lipinski definition) is 2. The highest BCUT2D eigenvalue weighted by Gasteiger charge is 2.20. The molecule has 5 heteroatoms. The summed E-state index contributed by atoms with van der Waals surface area (Å²) in [5.41, 5.74) is 0.671. The van der Waals surface area contributed by atoms with Gasteiger partial charge >= 0.3 is 0 Å². The van der Waals surface area contributed by atoms with Crippen molar-refractivity contribution >= 4 is 43.2 Å². The van der Waals surface area contributed by atoms with E-state index in [0.29, 0.717) is 5.56 Å². The standard InChI is InChI=1S/C14H14Br2FNS/c1-3-18-14(13-7-11(16)8(2)19-13)10-6-9(15)4-5-12(10)17/h4-7,14,18H,3H2,1-2H3. The molecule has 1 nitrogen and oxygen atoms in total. The molecule has 1 N–H and O–H groups in total. The van der Waals surface area contributed by atoms with E-state index in [1.807, 2.05) is 13.0 Å². The molecule has 0 aliphatic carbocycles. The van der Waals surface area contributed by atoms with Crippen molar-refractivity contribution < 1.29 is 4.39 Å². The Balaban J connectivity index is 2.47. The van der Waals surface area contributed by atoms with Crippen molar-refractivity contribution in [1.29, 1.82) is 0 Å². The Hall–Kier alpha value is -0.230. The zero-order chi connectivity index (χ0) is 14.0. The maximum Gasteiger partial charge on any atom is 0.128 e. The lowest BCUT2D eigenvalue weighted by molar-refractivity contribution is 0.562. The number of hydrogen-bond donors (Lipinski definition) is 1. The number of thiophene rings is 1. The highest BCUT2D eigenvalue weighted by Crippen LogP contribution is 2.35. The predicted molar refractivity (Wildman–Crippen MR) is 86.4 cm³/mol. The summed E-state index contributed by atoms with van der Waals surface area (Å²) in [6.07, 6.45) is 0. The third-order valence-corrected chi connectivity index (χ3v) is 5.53. The summed E-state index contributed by atoms with van der Waals surface area (Å²) >= 11 is 8.61. The van der Waals surface area contributed by atoms with Crippen molar-refractivity contribution in [2.75, 3.05) is 6.54 Å². The molecule has 0 fully saturated rings. The Bertz CT molecular complexity index is 563. The lowest BCUT2D eigenvalue weighted by Gasteiger charge is -2.18. The van der Waals surface area contributed by atoms with Gasteiger partial charge in [-0.15, -0.1) is 11.3 Å². The van der Waals surface area contributed by atoms with E-state index in [4.69, 9.17) is 0 Å². The smallest absolute Gasteiger partial charge is 0.128 e. The molecular weight excluding hydrogens is 393 g/mol. The van der Waals surface area contributed by atoms with Crippen LogP contribution in [0.25, 0.3) is 0 Å². The third-order valence-electron chi connectivity index (χ3n) is 2.84. The van der Waals surface area contributed by atoms with Gasteiger partial charge in [0.25, 0.3) is 0 Å². The molecule has 1 unspecified atom stereocenters. The second-order valence-corrected chi connectivity index (χ2v) is 7.27. The molecule has 1 aromatic carbocycles. The van der Waals surface area contributed by atoms with E-state index in [0.717, 1.165) is 20.4 Å². The minimum atomic E-state index is -0.184. The highest BCUT2D eigenvalue weighted by molar-refractivity contribution is 9.10. The summed E-state index contributed by atoms with van der Waals surface area (Å²) in [5, 5.41) is 3.35. The average molecular weight is 407 g/mol. The molecule has 0 spiro atoms. The van der Waals surface area contributed by atoms with Crippen LogP contribution < -0.4 is 5.32 Å². The van der Waals surface area contributed by atoms with E-state index in [9.17, 15) is 4.39 Å². The molecular formula is C14H14Br2FNS. The van der Waals surface area contributed by atoms with Gasteiger partial charge in [0, 0.05) is 24.3 Å². The van der Waals surface area contributed by atoms with Crippen LogP contribution in [-0.2, 0) is 0 Å². The molecule has 0 amide bonds. The summed E-state index contributed by atoms with van der Waals surface area (Å²) in [4.78, 5) is 2.32. The molecule has 2 rings (SSSR count). The van der Waals surface area contributed by atoms with Gasteiger partial charge in [0.05, 0.1) is 6.04 Å². The van der Waals surface area contributed by atoms with Gasteiger partial charge in [-0.05, 0) is 53.7 Å². The van der Waals surface area contributed by atoms with Crippen molar-refractivity contribution in [3.05, 3.63) is 54.3 Å². The van der Waals surface area contributed by atoms with E-state index in [1.165, 1.54) is 10.9 Å². The minimum Gasteiger partial charge on any atom is -0.306 e. The largest absolute Gasteiger partial charge is 0.306 e.